The minimum Gasteiger partial charge on any atom is -0.350 e. The van der Waals surface area contributed by atoms with Gasteiger partial charge in [-0.05, 0) is 24.6 Å². The van der Waals surface area contributed by atoms with E-state index in [1.54, 1.807) is 24.4 Å². The van der Waals surface area contributed by atoms with Crippen LogP contribution in [0.3, 0.4) is 0 Å². The van der Waals surface area contributed by atoms with Crippen molar-refractivity contribution in [2.75, 3.05) is 17.1 Å². The van der Waals surface area contributed by atoms with Crippen LogP contribution in [0.4, 0.5) is 5.69 Å². The molecule has 0 aliphatic heterocycles. The van der Waals surface area contributed by atoms with Gasteiger partial charge in [0.15, 0.2) is 0 Å². The van der Waals surface area contributed by atoms with E-state index in [4.69, 9.17) is 0 Å². The Kier molecular flexibility index (Phi) is 5.41. The number of carbonyl (C=O) groups is 1. The highest BCUT2D eigenvalue weighted by atomic mass is 32.2. The molecule has 0 saturated carbocycles. The fraction of sp³-hybridized carbons (Fsp3) is 0.200. The summed E-state index contributed by atoms with van der Waals surface area (Å²) in [7, 11) is -3.66. The second kappa shape index (κ2) is 7.75. The largest absolute Gasteiger partial charge is 0.350 e. The van der Waals surface area contributed by atoms with Gasteiger partial charge >= 0.3 is 0 Å². The molecule has 0 radical (unpaired) electrons. The number of nitrogens with one attached hydrogen (secondary N) is 1. The lowest BCUT2D eigenvalue weighted by Crippen LogP contribution is -2.40. The van der Waals surface area contributed by atoms with Gasteiger partial charge in [0.2, 0.25) is 15.9 Å². The molecule has 3 rings (SSSR count). The van der Waals surface area contributed by atoms with Crippen molar-refractivity contribution in [3.05, 3.63) is 71.9 Å². The third-order valence-electron chi connectivity index (χ3n) is 4.18. The van der Waals surface area contributed by atoms with Gasteiger partial charge in [-0.15, -0.1) is 0 Å². The van der Waals surface area contributed by atoms with Crippen molar-refractivity contribution in [3.8, 4) is 0 Å². The lowest BCUT2D eigenvalue weighted by Gasteiger charge is -2.23. The summed E-state index contributed by atoms with van der Waals surface area (Å²) in [5.74, 6) is -0.381. The highest BCUT2D eigenvalue weighted by Gasteiger charge is 2.23. The van der Waals surface area contributed by atoms with Crippen LogP contribution in [0.2, 0.25) is 0 Å². The van der Waals surface area contributed by atoms with E-state index in [1.807, 2.05) is 43.3 Å². The molecule has 140 valence electrons. The average Bonchev–Trinajstić information content (AvgIpc) is 2.64. The second-order valence-electron chi connectivity index (χ2n) is 6.38. The number of aryl methyl sites for hydroxylation is 1. The molecule has 6 nitrogen and oxygen atoms in total. The van der Waals surface area contributed by atoms with Gasteiger partial charge < -0.3 is 5.32 Å². The maximum atomic E-state index is 12.4. The van der Waals surface area contributed by atoms with Crippen molar-refractivity contribution in [1.29, 1.82) is 0 Å². The minimum atomic E-state index is -3.66. The third kappa shape index (κ3) is 4.62. The fourth-order valence-electron chi connectivity index (χ4n) is 2.76. The summed E-state index contributed by atoms with van der Waals surface area (Å²) >= 11 is 0. The number of nitrogens with zero attached hydrogens (tertiary/aromatic N) is 2. The number of carbonyl (C=O) groups excluding carboxylic acids is 1. The normalized spacial score (nSPS) is 11.3. The number of anilines is 1. The zero-order chi connectivity index (χ0) is 19.4. The molecule has 2 aromatic carbocycles. The zero-order valence-corrected chi connectivity index (χ0v) is 16.0. The molecule has 1 amide bonds. The van der Waals surface area contributed by atoms with Crippen molar-refractivity contribution < 1.29 is 13.2 Å². The molecule has 27 heavy (non-hydrogen) atoms. The SMILES string of the molecule is Cc1ccc(CNC(=O)CN(c2cccc3cccnc23)S(C)(=O)=O)cc1. The fourth-order valence-corrected chi connectivity index (χ4v) is 3.62. The van der Waals surface area contributed by atoms with Gasteiger partial charge in [0, 0.05) is 18.1 Å². The molecule has 0 unspecified atom stereocenters. The Labute approximate surface area is 158 Å². The number of pyridine rings is 1. The van der Waals surface area contributed by atoms with Gasteiger partial charge in [-0.25, -0.2) is 8.42 Å². The van der Waals surface area contributed by atoms with Crippen molar-refractivity contribution in [2.45, 2.75) is 13.5 Å². The topological polar surface area (TPSA) is 79.4 Å². The second-order valence-corrected chi connectivity index (χ2v) is 8.29. The van der Waals surface area contributed by atoms with Gasteiger partial charge in [0.05, 0.1) is 17.5 Å². The molecule has 0 atom stereocenters. The summed E-state index contributed by atoms with van der Waals surface area (Å²) in [4.78, 5) is 16.7. The number of para-hydroxylation sites is 1. The Bertz CT molecular complexity index is 1060. The van der Waals surface area contributed by atoms with Crippen LogP contribution in [0.1, 0.15) is 11.1 Å². The predicted molar refractivity (Wildman–Crippen MR) is 107 cm³/mol. The monoisotopic (exact) mass is 383 g/mol. The van der Waals surface area contributed by atoms with Crippen LogP contribution in [-0.4, -0.2) is 32.1 Å². The quantitative estimate of drug-likeness (QED) is 0.710. The molecule has 0 spiro atoms. The van der Waals surface area contributed by atoms with E-state index >= 15 is 0 Å². The number of rotatable bonds is 6. The zero-order valence-electron chi connectivity index (χ0n) is 15.2. The molecule has 7 heteroatoms. The molecule has 1 N–H and O–H groups in total. The summed E-state index contributed by atoms with van der Waals surface area (Å²) in [6.07, 6.45) is 2.69. The first-order valence-electron chi connectivity index (χ1n) is 8.48. The molecule has 0 fully saturated rings. The van der Waals surface area contributed by atoms with E-state index in [-0.39, 0.29) is 12.5 Å². The minimum absolute atomic E-state index is 0.305. The Morgan fingerprint density at radius 3 is 2.48 bits per heavy atom. The van der Waals surface area contributed by atoms with E-state index in [0.29, 0.717) is 17.7 Å². The standard InChI is InChI=1S/C20H21N3O3S/c1-15-8-10-16(11-9-15)13-22-19(24)14-23(27(2,25)26)18-7-3-5-17-6-4-12-21-20(17)18/h3-12H,13-14H2,1-2H3,(H,22,24). The molecule has 0 bridgehead atoms. The summed E-state index contributed by atoms with van der Waals surface area (Å²) in [6, 6.07) is 16.7. The van der Waals surface area contributed by atoms with Gasteiger partial charge in [-0.1, -0.05) is 48.0 Å². The van der Waals surface area contributed by atoms with Gasteiger partial charge in [-0.2, -0.15) is 0 Å². The first-order valence-corrected chi connectivity index (χ1v) is 10.3. The van der Waals surface area contributed by atoms with Crippen LogP contribution >= 0.6 is 0 Å². The van der Waals surface area contributed by atoms with Gasteiger partial charge in [0.25, 0.3) is 0 Å². The van der Waals surface area contributed by atoms with Gasteiger partial charge in [0.1, 0.15) is 6.54 Å². The Morgan fingerprint density at radius 2 is 1.78 bits per heavy atom. The van der Waals surface area contributed by atoms with Crippen LogP contribution in [0.5, 0.6) is 0 Å². The Hall–Kier alpha value is -2.93. The van der Waals surface area contributed by atoms with Crippen LogP contribution in [0, 0.1) is 6.92 Å². The molecule has 1 aromatic heterocycles. The molecule has 0 aliphatic carbocycles. The van der Waals surface area contributed by atoms with Crippen molar-refractivity contribution >= 4 is 32.5 Å². The van der Waals surface area contributed by atoms with E-state index in [0.717, 1.165) is 27.1 Å². The number of sulfonamides is 1. The smallest absolute Gasteiger partial charge is 0.241 e. The highest BCUT2D eigenvalue weighted by Crippen LogP contribution is 2.26. The number of hydrogen-bond acceptors (Lipinski definition) is 4. The van der Waals surface area contributed by atoms with E-state index < -0.39 is 10.0 Å². The Balaban J connectivity index is 1.81. The van der Waals surface area contributed by atoms with Crippen molar-refractivity contribution in [1.82, 2.24) is 10.3 Å². The van der Waals surface area contributed by atoms with Crippen LogP contribution < -0.4 is 9.62 Å². The third-order valence-corrected chi connectivity index (χ3v) is 5.30. The van der Waals surface area contributed by atoms with E-state index in [1.165, 1.54) is 0 Å². The lowest BCUT2D eigenvalue weighted by molar-refractivity contribution is -0.119. The van der Waals surface area contributed by atoms with E-state index in [2.05, 4.69) is 10.3 Å². The molecular formula is C20H21N3O3S. The summed E-state index contributed by atoms with van der Waals surface area (Å²) in [5, 5.41) is 3.58. The summed E-state index contributed by atoms with van der Waals surface area (Å²) in [5.41, 5.74) is 3.02. The number of fused-ring (bicyclic) bond motifs is 1. The number of hydrogen-bond donors (Lipinski definition) is 1. The molecule has 1 heterocycles. The van der Waals surface area contributed by atoms with E-state index in [9.17, 15) is 13.2 Å². The number of aromatic nitrogens is 1. The maximum Gasteiger partial charge on any atom is 0.241 e. The highest BCUT2D eigenvalue weighted by molar-refractivity contribution is 7.92. The molecule has 3 aromatic rings. The summed E-state index contributed by atoms with van der Waals surface area (Å²) in [6.45, 7) is 2.02. The average molecular weight is 383 g/mol. The molecule has 0 aliphatic rings. The first-order chi connectivity index (χ1) is 12.8. The van der Waals surface area contributed by atoms with Crippen LogP contribution in [0.15, 0.2) is 60.8 Å². The molecular weight excluding hydrogens is 362 g/mol. The maximum absolute atomic E-state index is 12.4. The van der Waals surface area contributed by atoms with Crippen LogP contribution in [-0.2, 0) is 21.4 Å². The lowest BCUT2D eigenvalue weighted by atomic mass is 10.1. The molecule has 0 saturated heterocycles. The van der Waals surface area contributed by atoms with Crippen molar-refractivity contribution in [2.24, 2.45) is 0 Å². The number of benzene rings is 2. The summed E-state index contributed by atoms with van der Waals surface area (Å²) < 4.78 is 25.8. The Morgan fingerprint density at radius 1 is 1.07 bits per heavy atom. The van der Waals surface area contributed by atoms with Crippen LogP contribution in [0.25, 0.3) is 10.9 Å². The van der Waals surface area contributed by atoms with Crippen molar-refractivity contribution in [3.63, 3.8) is 0 Å². The van der Waals surface area contributed by atoms with Gasteiger partial charge in [-0.3, -0.25) is 14.1 Å². The first kappa shape index (κ1) is 18.8. The predicted octanol–water partition coefficient (Wildman–Crippen LogP) is 2.63. The number of amides is 1.